The predicted octanol–water partition coefficient (Wildman–Crippen LogP) is 1.16. The molecule has 0 unspecified atom stereocenters. The van der Waals surface area contributed by atoms with Crippen molar-refractivity contribution in [3.63, 3.8) is 0 Å². The summed E-state index contributed by atoms with van der Waals surface area (Å²) < 4.78 is 31.8. The maximum atomic E-state index is 12.4. The zero-order chi connectivity index (χ0) is 14.6. The molecule has 0 amide bonds. The summed E-state index contributed by atoms with van der Waals surface area (Å²) in [5.74, 6) is 0.849. The fraction of sp³-hybridized carbons (Fsp3) is 1.00. The number of sulfonamides is 1. The molecule has 2 aliphatic heterocycles. The van der Waals surface area contributed by atoms with E-state index in [1.165, 1.54) is 6.42 Å². The van der Waals surface area contributed by atoms with E-state index in [1.807, 2.05) is 0 Å². The minimum Gasteiger partial charge on any atom is -0.377 e. The number of piperidine rings is 1. The van der Waals surface area contributed by atoms with Gasteiger partial charge in [0.2, 0.25) is 10.0 Å². The molecule has 0 aromatic carbocycles. The van der Waals surface area contributed by atoms with Crippen LogP contribution in [0.2, 0.25) is 0 Å². The SMILES string of the molecule is CN(C)CCC1CCN(S(=O)(=O)C[C@H]2CCCO2)CC1. The van der Waals surface area contributed by atoms with E-state index in [1.54, 1.807) is 4.31 Å². The zero-order valence-corrected chi connectivity index (χ0v) is 13.6. The van der Waals surface area contributed by atoms with Crippen molar-refractivity contribution < 1.29 is 13.2 Å². The molecule has 5 nitrogen and oxygen atoms in total. The molecule has 0 aliphatic carbocycles. The lowest BCUT2D eigenvalue weighted by Crippen LogP contribution is -2.42. The van der Waals surface area contributed by atoms with Gasteiger partial charge in [-0.1, -0.05) is 0 Å². The van der Waals surface area contributed by atoms with Gasteiger partial charge in [0.25, 0.3) is 0 Å². The smallest absolute Gasteiger partial charge is 0.216 e. The minimum absolute atomic E-state index is 0.0773. The Hall–Kier alpha value is -0.170. The van der Waals surface area contributed by atoms with Crippen LogP contribution in [-0.4, -0.2) is 69.8 Å². The van der Waals surface area contributed by atoms with Gasteiger partial charge in [-0.3, -0.25) is 0 Å². The van der Waals surface area contributed by atoms with Crippen molar-refractivity contribution in [1.29, 1.82) is 0 Å². The summed E-state index contributed by atoms with van der Waals surface area (Å²) in [6, 6.07) is 0. The highest BCUT2D eigenvalue weighted by Gasteiger charge is 2.31. The fourth-order valence-corrected chi connectivity index (χ4v) is 4.74. The Balaban J connectivity index is 1.77. The Labute approximate surface area is 123 Å². The first-order valence-electron chi connectivity index (χ1n) is 7.71. The monoisotopic (exact) mass is 304 g/mol. The fourth-order valence-electron chi connectivity index (χ4n) is 3.03. The lowest BCUT2D eigenvalue weighted by atomic mass is 9.94. The average molecular weight is 304 g/mol. The van der Waals surface area contributed by atoms with Gasteiger partial charge in [-0.2, -0.15) is 0 Å². The third-order valence-electron chi connectivity index (χ3n) is 4.37. The van der Waals surface area contributed by atoms with Crippen LogP contribution in [0.15, 0.2) is 0 Å². The third-order valence-corrected chi connectivity index (χ3v) is 6.32. The summed E-state index contributed by atoms with van der Waals surface area (Å²) in [5.41, 5.74) is 0. The van der Waals surface area contributed by atoms with Gasteiger partial charge in [0, 0.05) is 19.7 Å². The van der Waals surface area contributed by atoms with Gasteiger partial charge >= 0.3 is 0 Å². The maximum Gasteiger partial charge on any atom is 0.216 e. The van der Waals surface area contributed by atoms with Crippen LogP contribution in [-0.2, 0) is 14.8 Å². The number of ether oxygens (including phenoxy) is 1. The van der Waals surface area contributed by atoms with Crippen LogP contribution < -0.4 is 0 Å². The summed E-state index contributed by atoms with van der Waals surface area (Å²) in [5, 5.41) is 0. The highest BCUT2D eigenvalue weighted by atomic mass is 32.2. The molecule has 6 heteroatoms. The van der Waals surface area contributed by atoms with Crippen molar-refractivity contribution in [2.75, 3.05) is 46.1 Å². The van der Waals surface area contributed by atoms with E-state index in [4.69, 9.17) is 4.74 Å². The second-order valence-corrected chi connectivity index (χ2v) is 8.36. The summed E-state index contributed by atoms with van der Waals surface area (Å²) >= 11 is 0. The van der Waals surface area contributed by atoms with Gasteiger partial charge in [0.15, 0.2) is 0 Å². The van der Waals surface area contributed by atoms with Gasteiger partial charge in [0.1, 0.15) is 0 Å². The Bertz CT molecular complexity index is 383. The van der Waals surface area contributed by atoms with Crippen LogP contribution in [0.3, 0.4) is 0 Å². The topological polar surface area (TPSA) is 49.9 Å². The normalized spacial score (nSPS) is 26.4. The molecule has 1 atom stereocenters. The molecular weight excluding hydrogens is 276 g/mol. The maximum absolute atomic E-state index is 12.4. The number of rotatable bonds is 6. The zero-order valence-electron chi connectivity index (χ0n) is 12.8. The van der Waals surface area contributed by atoms with E-state index in [0.717, 1.165) is 32.2 Å². The molecule has 20 heavy (non-hydrogen) atoms. The Morgan fingerprint density at radius 2 is 1.90 bits per heavy atom. The molecule has 0 bridgehead atoms. The van der Waals surface area contributed by atoms with Crippen LogP contribution in [0.25, 0.3) is 0 Å². The molecule has 2 saturated heterocycles. The van der Waals surface area contributed by atoms with E-state index in [-0.39, 0.29) is 11.9 Å². The van der Waals surface area contributed by atoms with Crippen molar-refractivity contribution >= 4 is 10.0 Å². The van der Waals surface area contributed by atoms with Gasteiger partial charge < -0.3 is 9.64 Å². The molecule has 118 valence electrons. The van der Waals surface area contributed by atoms with E-state index in [2.05, 4.69) is 19.0 Å². The number of hydrogen-bond acceptors (Lipinski definition) is 4. The molecule has 0 radical (unpaired) electrons. The molecule has 2 heterocycles. The second-order valence-electron chi connectivity index (χ2n) is 6.35. The van der Waals surface area contributed by atoms with Crippen molar-refractivity contribution in [3.8, 4) is 0 Å². The number of hydrogen-bond donors (Lipinski definition) is 0. The van der Waals surface area contributed by atoms with E-state index >= 15 is 0 Å². The predicted molar refractivity (Wildman–Crippen MR) is 80.2 cm³/mol. The van der Waals surface area contributed by atoms with Crippen molar-refractivity contribution in [3.05, 3.63) is 0 Å². The summed E-state index contributed by atoms with van der Waals surface area (Å²) in [4.78, 5) is 2.19. The molecule has 0 N–H and O–H groups in total. The lowest BCUT2D eigenvalue weighted by Gasteiger charge is -2.32. The van der Waals surface area contributed by atoms with E-state index < -0.39 is 10.0 Å². The van der Waals surface area contributed by atoms with Gasteiger partial charge in [-0.25, -0.2) is 12.7 Å². The van der Waals surface area contributed by atoms with Crippen LogP contribution in [0.1, 0.15) is 32.1 Å². The Morgan fingerprint density at radius 1 is 1.20 bits per heavy atom. The Morgan fingerprint density at radius 3 is 2.45 bits per heavy atom. The quantitative estimate of drug-likeness (QED) is 0.739. The highest BCUT2D eigenvalue weighted by Crippen LogP contribution is 2.24. The molecule has 2 fully saturated rings. The highest BCUT2D eigenvalue weighted by molar-refractivity contribution is 7.89. The number of nitrogens with zero attached hydrogens (tertiary/aromatic N) is 2. The third kappa shape index (κ3) is 4.69. The molecular formula is C14H28N2O3S. The van der Waals surface area contributed by atoms with Crippen molar-refractivity contribution in [2.45, 2.75) is 38.2 Å². The summed E-state index contributed by atoms with van der Waals surface area (Å²) in [6.45, 7) is 3.18. The second kappa shape index (κ2) is 7.20. The average Bonchev–Trinajstić information content (AvgIpc) is 2.89. The minimum atomic E-state index is -3.12. The van der Waals surface area contributed by atoms with Crippen LogP contribution in [0.5, 0.6) is 0 Å². The Kier molecular flexibility index (Phi) is 5.84. The van der Waals surface area contributed by atoms with Crippen molar-refractivity contribution in [2.24, 2.45) is 5.92 Å². The summed E-state index contributed by atoms with van der Waals surface area (Å²) in [7, 11) is 1.05. The lowest BCUT2D eigenvalue weighted by molar-refractivity contribution is 0.125. The molecule has 0 aromatic heterocycles. The van der Waals surface area contributed by atoms with Gasteiger partial charge in [0.05, 0.1) is 11.9 Å². The van der Waals surface area contributed by atoms with Crippen LogP contribution >= 0.6 is 0 Å². The first-order valence-corrected chi connectivity index (χ1v) is 9.32. The largest absolute Gasteiger partial charge is 0.377 e. The van der Waals surface area contributed by atoms with Crippen molar-refractivity contribution in [1.82, 2.24) is 9.21 Å². The van der Waals surface area contributed by atoms with Crippen LogP contribution in [0, 0.1) is 5.92 Å². The van der Waals surface area contributed by atoms with Crippen LogP contribution in [0.4, 0.5) is 0 Å². The molecule has 0 spiro atoms. The summed E-state index contributed by atoms with van der Waals surface area (Å²) in [6.07, 6.45) is 4.97. The first kappa shape index (κ1) is 16.2. The van der Waals surface area contributed by atoms with E-state index in [9.17, 15) is 8.42 Å². The van der Waals surface area contributed by atoms with Gasteiger partial charge in [-0.15, -0.1) is 0 Å². The van der Waals surface area contributed by atoms with E-state index in [0.29, 0.717) is 25.6 Å². The van der Waals surface area contributed by atoms with Gasteiger partial charge in [-0.05, 0) is 58.7 Å². The molecule has 2 aliphatic rings. The molecule has 0 saturated carbocycles. The first-order chi connectivity index (χ1) is 9.47. The molecule has 0 aromatic rings. The molecule has 2 rings (SSSR count). The standard InChI is InChI=1S/C14H28N2O3S/c1-15(2)8-5-13-6-9-16(10-7-13)20(17,18)12-14-4-3-11-19-14/h13-14H,3-12H2,1-2H3/t14-/m1/s1.